The van der Waals surface area contributed by atoms with Crippen LogP contribution in [0.4, 0.5) is 0 Å². The minimum Gasteiger partial charge on any atom is -0.312 e. The maximum Gasteiger partial charge on any atom is 0.0701 e. The largest absolute Gasteiger partial charge is 0.312 e. The van der Waals surface area contributed by atoms with Crippen molar-refractivity contribution in [1.82, 2.24) is 10.2 Å². The molecule has 2 rings (SSSR count). The third kappa shape index (κ3) is 3.55. The molecule has 1 aromatic heterocycles. The SMILES string of the molecule is CCN1CCC(CNCc2csc(Br)c2)C1. The van der Waals surface area contributed by atoms with Crippen LogP contribution in [0.5, 0.6) is 0 Å². The van der Waals surface area contributed by atoms with Crippen LogP contribution in [-0.4, -0.2) is 31.1 Å². The highest BCUT2D eigenvalue weighted by Gasteiger charge is 2.20. The predicted molar refractivity (Wildman–Crippen MR) is 73.9 cm³/mol. The normalized spacial score (nSPS) is 21.8. The number of nitrogens with one attached hydrogen (secondary N) is 1. The van der Waals surface area contributed by atoms with Gasteiger partial charge in [0.05, 0.1) is 3.79 Å². The van der Waals surface area contributed by atoms with Gasteiger partial charge in [-0.1, -0.05) is 6.92 Å². The van der Waals surface area contributed by atoms with Gasteiger partial charge in [-0.3, -0.25) is 0 Å². The molecule has 0 saturated carbocycles. The monoisotopic (exact) mass is 302 g/mol. The van der Waals surface area contributed by atoms with Gasteiger partial charge in [-0.25, -0.2) is 0 Å². The molecule has 1 unspecified atom stereocenters. The molecule has 0 bridgehead atoms. The summed E-state index contributed by atoms with van der Waals surface area (Å²) in [5.74, 6) is 0.849. The molecule has 1 aliphatic heterocycles. The fraction of sp³-hybridized carbons (Fsp3) is 0.667. The third-order valence-electron chi connectivity index (χ3n) is 3.20. The Labute approximate surface area is 110 Å². The molecule has 1 fully saturated rings. The Balaban J connectivity index is 1.65. The van der Waals surface area contributed by atoms with Crippen molar-refractivity contribution in [2.24, 2.45) is 5.92 Å². The molecule has 1 aliphatic rings. The summed E-state index contributed by atoms with van der Waals surface area (Å²) in [5.41, 5.74) is 1.39. The van der Waals surface area contributed by atoms with Crippen molar-refractivity contribution in [3.8, 4) is 0 Å². The molecule has 0 spiro atoms. The van der Waals surface area contributed by atoms with Gasteiger partial charge in [-0.15, -0.1) is 11.3 Å². The fourth-order valence-corrected chi connectivity index (χ4v) is 3.43. The number of likely N-dealkylation sites (tertiary alicyclic amines) is 1. The van der Waals surface area contributed by atoms with E-state index >= 15 is 0 Å². The van der Waals surface area contributed by atoms with Crippen molar-refractivity contribution in [3.05, 3.63) is 20.8 Å². The second-order valence-corrected chi connectivity index (χ2v) is 6.73. The lowest BCUT2D eigenvalue weighted by molar-refractivity contribution is 0.339. The van der Waals surface area contributed by atoms with Gasteiger partial charge >= 0.3 is 0 Å². The molecule has 0 radical (unpaired) electrons. The van der Waals surface area contributed by atoms with Crippen molar-refractivity contribution in [1.29, 1.82) is 0 Å². The summed E-state index contributed by atoms with van der Waals surface area (Å²) in [7, 11) is 0. The lowest BCUT2D eigenvalue weighted by Gasteiger charge is -2.13. The first-order valence-corrected chi connectivity index (χ1v) is 7.61. The zero-order chi connectivity index (χ0) is 11.4. The zero-order valence-corrected chi connectivity index (χ0v) is 12.1. The molecule has 0 amide bonds. The van der Waals surface area contributed by atoms with E-state index < -0.39 is 0 Å². The number of rotatable bonds is 5. The van der Waals surface area contributed by atoms with Gasteiger partial charge in [-0.05, 0) is 64.9 Å². The number of thiophene rings is 1. The molecule has 1 atom stereocenters. The van der Waals surface area contributed by atoms with Crippen LogP contribution in [0.15, 0.2) is 15.2 Å². The molecule has 1 aromatic rings. The number of hydrogen-bond acceptors (Lipinski definition) is 3. The summed E-state index contributed by atoms with van der Waals surface area (Å²) in [6.07, 6.45) is 1.36. The van der Waals surface area contributed by atoms with E-state index in [-0.39, 0.29) is 0 Å². The Morgan fingerprint density at radius 2 is 2.50 bits per heavy atom. The van der Waals surface area contributed by atoms with Gasteiger partial charge < -0.3 is 10.2 Å². The van der Waals surface area contributed by atoms with Crippen LogP contribution in [0.1, 0.15) is 18.9 Å². The molecular weight excluding hydrogens is 284 g/mol. The van der Waals surface area contributed by atoms with Crippen LogP contribution in [0.25, 0.3) is 0 Å². The standard InChI is InChI=1S/C12H19BrN2S/c1-2-15-4-3-10(8-15)6-14-7-11-5-12(13)16-9-11/h5,9-10,14H,2-4,6-8H2,1H3. The fourth-order valence-electron chi connectivity index (χ4n) is 2.23. The Hall–Kier alpha value is 0.100. The van der Waals surface area contributed by atoms with Gasteiger partial charge in [-0.2, -0.15) is 0 Å². The van der Waals surface area contributed by atoms with Crippen molar-refractivity contribution in [2.75, 3.05) is 26.2 Å². The highest BCUT2D eigenvalue weighted by Crippen LogP contribution is 2.20. The average molecular weight is 303 g/mol. The first kappa shape index (κ1) is 12.6. The van der Waals surface area contributed by atoms with E-state index in [0.717, 1.165) is 19.0 Å². The van der Waals surface area contributed by atoms with E-state index in [4.69, 9.17) is 0 Å². The summed E-state index contributed by atoms with van der Waals surface area (Å²) in [6.45, 7) is 8.17. The van der Waals surface area contributed by atoms with E-state index in [9.17, 15) is 0 Å². The summed E-state index contributed by atoms with van der Waals surface area (Å²) in [6, 6.07) is 2.20. The Morgan fingerprint density at radius 1 is 1.62 bits per heavy atom. The molecule has 16 heavy (non-hydrogen) atoms. The van der Waals surface area contributed by atoms with Gasteiger partial charge in [0.25, 0.3) is 0 Å². The van der Waals surface area contributed by atoms with Crippen molar-refractivity contribution < 1.29 is 0 Å². The second-order valence-electron chi connectivity index (χ2n) is 4.44. The minimum absolute atomic E-state index is 0.849. The highest BCUT2D eigenvalue weighted by molar-refractivity contribution is 9.11. The molecule has 4 heteroatoms. The average Bonchev–Trinajstić information content (AvgIpc) is 2.88. The molecule has 2 heterocycles. The Bertz CT molecular complexity index is 327. The second kappa shape index (κ2) is 6.15. The van der Waals surface area contributed by atoms with Crippen LogP contribution in [0, 0.1) is 5.92 Å². The quantitative estimate of drug-likeness (QED) is 0.900. The molecule has 2 nitrogen and oxygen atoms in total. The summed E-state index contributed by atoms with van der Waals surface area (Å²) < 4.78 is 1.22. The van der Waals surface area contributed by atoms with Crippen LogP contribution >= 0.6 is 27.3 Å². The molecular formula is C12H19BrN2S. The van der Waals surface area contributed by atoms with E-state index in [1.165, 1.54) is 35.4 Å². The molecule has 90 valence electrons. The van der Waals surface area contributed by atoms with Gasteiger partial charge in [0.1, 0.15) is 0 Å². The van der Waals surface area contributed by atoms with Crippen LogP contribution < -0.4 is 5.32 Å². The third-order valence-corrected chi connectivity index (χ3v) is 4.75. The van der Waals surface area contributed by atoms with Crippen molar-refractivity contribution in [3.63, 3.8) is 0 Å². The van der Waals surface area contributed by atoms with Crippen molar-refractivity contribution in [2.45, 2.75) is 19.9 Å². The van der Waals surface area contributed by atoms with Crippen LogP contribution in [0.2, 0.25) is 0 Å². The van der Waals surface area contributed by atoms with Gasteiger partial charge in [0.15, 0.2) is 0 Å². The topological polar surface area (TPSA) is 15.3 Å². The lowest BCUT2D eigenvalue weighted by atomic mass is 10.1. The van der Waals surface area contributed by atoms with E-state index in [0.29, 0.717) is 0 Å². The molecule has 0 aromatic carbocycles. The molecule has 1 N–H and O–H groups in total. The van der Waals surface area contributed by atoms with Gasteiger partial charge in [0, 0.05) is 13.1 Å². The first-order valence-electron chi connectivity index (χ1n) is 5.94. The number of hydrogen-bond donors (Lipinski definition) is 1. The number of halogens is 1. The van der Waals surface area contributed by atoms with Gasteiger partial charge in [0.2, 0.25) is 0 Å². The highest BCUT2D eigenvalue weighted by atomic mass is 79.9. The minimum atomic E-state index is 0.849. The van der Waals surface area contributed by atoms with E-state index in [1.54, 1.807) is 11.3 Å². The number of nitrogens with zero attached hydrogens (tertiary/aromatic N) is 1. The summed E-state index contributed by atoms with van der Waals surface area (Å²) >= 11 is 5.25. The van der Waals surface area contributed by atoms with E-state index in [2.05, 4.69) is 44.5 Å². The first-order chi connectivity index (χ1) is 7.78. The summed E-state index contributed by atoms with van der Waals surface area (Å²) in [5, 5.41) is 5.77. The Kier molecular flexibility index (Phi) is 4.82. The lowest BCUT2D eigenvalue weighted by Crippen LogP contribution is -2.26. The predicted octanol–water partition coefficient (Wildman–Crippen LogP) is 2.94. The summed E-state index contributed by atoms with van der Waals surface area (Å²) in [4.78, 5) is 2.54. The van der Waals surface area contributed by atoms with E-state index in [1.807, 2.05) is 0 Å². The van der Waals surface area contributed by atoms with Crippen molar-refractivity contribution >= 4 is 27.3 Å². The van der Waals surface area contributed by atoms with Crippen LogP contribution in [0.3, 0.4) is 0 Å². The van der Waals surface area contributed by atoms with Crippen LogP contribution in [-0.2, 0) is 6.54 Å². The zero-order valence-electron chi connectivity index (χ0n) is 9.71. The Morgan fingerprint density at radius 3 is 3.12 bits per heavy atom. The smallest absolute Gasteiger partial charge is 0.0701 e. The molecule has 1 saturated heterocycles. The molecule has 0 aliphatic carbocycles. The maximum absolute atomic E-state index is 3.56. The maximum atomic E-state index is 3.56.